The number of amides is 1. The Labute approximate surface area is 72.4 Å². The predicted octanol–water partition coefficient (Wildman–Crippen LogP) is 0.721. The van der Waals surface area contributed by atoms with Gasteiger partial charge in [0.25, 0.3) is 0 Å². The lowest BCUT2D eigenvalue weighted by molar-refractivity contribution is -0.0426. The molecule has 1 amide bonds. The van der Waals surface area contributed by atoms with Crippen molar-refractivity contribution in [1.29, 1.82) is 0 Å². The molecule has 4 heteroatoms. The lowest BCUT2D eigenvalue weighted by Crippen LogP contribution is -2.40. The highest BCUT2D eigenvalue weighted by Crippen LogP contribution is 2.11. The highest BCUT2D eigenvalue weighted by molar-refractivity contribution is 5.67. The SMILES string of the molecule is CCOC(=O)N(C)CC1COC1. The molecular formula is C8H15NO3. The zero-order valence-corrected chi connectivity index (χ0v) is 7.58. The number of nitrogens with zero attached hydrogens (tertiary/aromatic N) is 1. The lowest BCUT2D eigenvalue weighted by atomic mass is 10.1. The van der Waals surface area contributed by atoms with Crippen LogP contribution in [0.3, 0.4) is 0 Å². The maximum atomic E-state index is 11.1. The van der Waals surface area contributed by atoms with Crippen molar-refractivity contribution in [2.75, 3.05) is 33.4 Å². The molecule has 12 heavy (non-hydrogen) atoms. The van der Waals surface area contributed by atoms with Gasteiger partial charge in [-0.1, -0.05) is 0 Å². The molecule has 70 valence electrons. The molecule has 0 N–H and O–H groups in total. The Morgan fingerprint density at radius 3 is 2.75 bits per heavy atom. The largest absolute Gasteiger partial charge is 0.450 e. The van der Waals surface area contributed by atoms with Gasteiger partial charge in [-0.05, 0) is 6.92 Å². The van der Waals surface area contributed by atoms with Gasteiger partial charge < -0.3 is 14.4 Å². The van der Waals surface area contributed by atoms with Crippen LogP contribution in [0, 0.1) is 5.92 Å². The zero-order valence-electron chi connectivity index (χ0n) is 7.58. The summed E-state index contributed by atoms with van der Waals surface area (Å²) in [6, 6.07) is 0. The topological polar surface area (TPSA) is 38.8 Å². The predicted molar refractivity (Wildman–Crippen MR) is 44.0 cm³/mol. The van der Waals surface area contributed by atoms with E-state index in [-0.39, 0.29) is 6.09 Å². The molecule has 0 saturated carbocycles. The van der Waals surface area contributed by atoms with Gasteiger partial charge in [-0.2, -0.15) is 0 Å². The number of carbonyl (C=O) groups is 1. The fourth-order valence-electron chi connectivity index (χ4n) is 1.09. The number of ether oxygens (including phenoxy) is 2. The summed E-state index contributed by atoms with van der Waals surface area (Å²) in [5, 5.41) is 0. The smallest absolute Gasteiger partial charge is 0.409 e. The third-order valence-corrected chi connectivity index (χ3v) is 1.82. The summed E-state index contributed by atoms with van der Waals surface area (Å²) < 4.78 is 9.82. The summed E-state index contributed by atoms with van der Waals surface area (Å²) in [5.41, 5.74) is 0. The molecule has 0 spiro atoms. The van der Waals surface area contributed by atoms with Gasteiger partial charge in [0, 0.05) is 19.5 Å². The van der Waals surface area contributed by atoms with Gasteiger partial charge >= 0.3 is 6.09 Å². The van der Waals surface area contributed by atoms with Crippen LogP contribution in [0.2, 0.25) is 0 Å². The minimum absolute atomic E-state index is 0.246. The number of rotatable bonds is 3. The zero-order chi connectivity index (χ0) is 8.97. The third-order valence-electron chi connectivity index (χ3n) is 1.82. The van der Waals surface area contributed by atoms with Crippen LogP contribution in [0.15, 0.2) is 0 Å². The molecule has 1 aliphatic rings. The fourth-order valence-corrected chi connectivity index (χ4v) is 1.09. The molecule has 4 nitrogen and oxygen atoms in total. The van der Waals surface area contributed by atoms with Crippen LogP contribution in [0.4, 0.5) is 4.79 Å². The highest BCUT2D eigenvalue weighted by atomic mass is 16.6. The van der Waals surface area contributed by atoms with Crippen LogP contribution in [0.1, 0.15) is 6.92 Å². The Hall–Kier alpha value is -0.770. The molecule has 1 aliphatic heterocycles. The molecule has 0 unspecified atom stereocenters. The Bertz CT molecular complexity index is 156. The van der Waals surface area contributed by atoms with Crippen molar-refractivity contribution in [3.05, 3.63) is 0 Å². The maximum Gasteiger partial charge on any atom is 0.409 e. The molecule has 1 saturated heterocycles. The molecule has 0 aromatic rings. The summed E-state index contributed by atoms with van der Waals surface area (Å²) in [6.07, 6.45) is -0.246. The average Bonchev–Trinajstić information content (AvgIpc) is 1.97. The molecule has 1 fully saturated rings. The van der Waals surface area contributed by atoms with Crippen LogP contribution < -0.4 is 0 Å². The standard InChI is InChI=1S/C8H15NO3/c1-3-12-8(10)9(2)4-7-5-11-6-7/h7H,3-6H2,1-2H3. The molecule has 0 aromatic heterocycles. The summed E-state index contributed by atoms with van der Waals surface area (Å²) in [5.74, 6) is 0.499. The van der Waals surface area contributed by atoms with Gasteiger partial charge in [0.1, 0.15) is 0 Å². The summed E-state index contributed by atoms with van der Waals surface area (Å²) in [6.45, 7) is 4.51. The van der Waals surface area contributed by atoms with E-state index in [1.807, 2.05) is 0 Å². The van der Waals surface area contributed by atoms with Crippen LogP contribution in [0.25, 0.3) is 0 Å². The minimum Gasteiger partial charge on any atom is -0.450 e. The third kappa shape index (κ3) is 2.37. The molecule has 0 atom stereocenters. The van der Waals surface area contributed by atoms with Gasteiger partial charge in [-0.15, -0.1) is 0 Å². The molecule has 0 bridgehead atoms. The fraction of sp³-hybridized carbons (Fsp3) is 0.875. The number of hydrogen-bond acceptors (Lipinski definition) is 3. The van der Waals surface area contributed by atoms with E-state index in [0.29, 0.717) is 12.5 Å². The first kappa shape index (κ1) is 9.32. The first-order chi connectivity index (χ1) is 5.74. The second kappa shape index (κ2) is 4.30. The maximum absolute atomic E-state index is 11.1. The van der Waals surface area contributed by atoms with E-state index in [1.165, 1.54) is 0 Å². The van der Waals surface area contributed by atoms with Crippen molar-refractivity contribution in [2.45, 2.75) is 6.92 Å². The van der Waals surface area contributed by atoms with Crippen molar-refractivity contribution in [3.8, 4) is 0 Å². The second-order valence-electron chi connectivity index (χ2n) is 2.98. The van der Waals surface area contributed by atoms with E-state index in [0.717, 1.165) is 19.8 Å². The Kier molecular flexibility index (Phi) is 3.34. The van der Waals surface area contributed by atoms with Crippen LogP contribution >= 0.6 is 0 Å². The number of carbonyl (C=O) groups excluding carboxylic acids is 1. The molecule has 0 radical (unpaired) electrons. The van der Waals surface area contributed by atoms with Gasteiger partial charge in [0.05, 0.1) is 19.8 Å². The van der Waals surface area contributed by atoms with Crippen molar-refractivity contribution >= 4 is 6.09 Å². The van der Waals surface area contributed by atoms with Crippen LogP contribution in [0.5, 0.6) is 0 Å². The van der Waals surface area contributed by atoms with Gasteiger partial charge in [-0.25, -0.2) is 4.79 Å². The van der Waals surface area contributed by atoms with Crippen molar-refractivity contribution in [1.82, 2.24) is 4.90 Å². The van der Waals surface area contributed by atoms with Crippen molar-refractivity contribution in [3.63, 3.8) is 0 Å². The Morgan fingerprint density at radius 2 is 2.33 bits per heavy atom. The van der Waals surface area contributed by atoms with Crippen LogP contribution in [-0.4, -0.2) is 44.4 Å². The molecule has 0 aromatic carbocycles. The highest BCUT2D eigenvalue weighted by Gasteiger charge is 2.22. The quantitative estimate of drug-likeness (QED) is 0.631. The first-order valence-corrected chi connectivity index (χ1v) is 4.19. The van der Waals surface area contributed by atoms with Gasteiger partial charge in [-0.3, -0.25) is 0 Å². The van der Waals surface area contributed by atoms with E-state index >= 15 is 0 Å². The average molecular weight is 173 g/mol. The lowest BCUT2D eigenvalue weighted by Gasteiger charge is -2.29. The minimum atomic E-state index is -0.246. The molecule has 1 heterocycles. The monoisotopic (exact) mass is 173 g/mol. The molecular weight excluding hydrogens is 158 g/mol. The number of hydrogen-bond donors (Lipinski definition) is 0. The van der Waals surface area contributed by atoms with Crippen molar-refractivity contribution in [2.24, 2.45) is 5.92 Å². The van der Waals surface area contributed by atoms with E-state index in [1.54, 1.807) is 18.9 Å². The summed E-state index contributed by atoms with van der Waals surface area (Å²) in [4.78, 5) is 12.7. The Balaban J connectivity index is 2.16. The normalized spacial score (nSPS) is 16.8. The van der Waals surface area contributed by atoms with E-state index in [2.05, 4.69) is 0 Å². The van der Waals surface area contributed by atoms with E-state index in [4.69, 9.17) is 9.47 Å². The second-order valence-corrected chi connectivity index (χ2v) is 2.98. The van der Waals surface area contributed by atoms with Gasteiger partial charge in [0.2, 0.25) is 0 Å². The van der Waals surface area contributed by atoms with E-state index in [9.17, 15) is 4.79 Å². The summed E-state index contributed by atoms with van der Waals surface area (Å²) >= 11 is 0. The van der Waals surface area contributed by atoms with E-state index < -0.39 is 0 Å². The summed E-state index contributed by atoms with van der Waals surface area (Å²) in [7, 11) is 1.75. The van der Waals surface area contributed by atoms with Crippen molar-refractivity contribution < 1.29 is 14.3 Å². The van der Waals surface area contributed by atoms with Crippen LogP contribution in [-0.2, 0) is 9.47 Å². The Morgan fingerprint density at radius 1 is 1.67 bits per heavy atom. The molecule has 0 aliphatic carbocycles. The first-order valence-electron chi connectivity index (χ1n) is 4.19. The molecule has 1 rings (SSSR count). The van der Waals surface area contributed by atoms with Gasteiger partial charge in [0.15, 0.2) is 0 Å².